The van der Waals surface area contributed by atoms with Crippen molar-refractivity contribution in [3.8, 4) is 17.0 Å². The van der Waals surface area contributed by atoms with Crippen molar-refractivity contribution in [2.75, 3.05) is 0 Å². The molecule has 0 spiro atoms. The number of nitrogens with zero attached hydrogens (tertiary/aromatic N) is 1. The summed E-state index contributed by atoms with van der Waals surface area (Å²) in [5.41, 5.74) is 10.5. The minimum Gasteiger partial charge on any atom is -0.473 e. The zero-order valence-electron chi connectivity index (χ0n) is 16.7. The molecule has 0 fully saturated rings. The van der Waals surface area contributed by atoms with Crippen molar-refractivity contribution in [3.05, 3.63) is 82.0 Å². The number of aryl methyl sites for hydroxylation is 2. The summed E-state index contributed by atoms with van der Waals surface area (Å²) < 4.78 is 6.07. The number of benzene rings is 2. The first-order valence-corrected chi connectivity index (χ1v) is 9.78. The second-order valence-electron chi connectivity index (χ2n) is 7.95. The number of pyridine rings is 1. The van der Waals surface area contributed by atoms with Gasteiger partial charge < -0.3 is 4.74 Å². The molecule has 3 aromatic rings. The molecular formula is C25H27NO. The van der Waals surface area contributed by atoms with E-state index in [1.54, 1.807) is 0 Å². The molecule has 0 radical (unpaired) electrons. The van der Waals surface area contributed by atoms with E-state index >= 15 is 0 Å². The minimum absolute atomic E-state index is 0.548. The van der Waals surface area contributed by atoms with Gasteiger partial charge in [-0.15, -0.1) is 0 Å². The van der Waals surface area contributed by atoms with Crippen LogP contribution in [-0.4, -0.2) is 4.98 Å². The second kappa shape index (κ2) is 7.19. The fourth-order valence-corrected chi connectivity index (χ4v) is 4.28. The van der Waals surface area contributed by atoms with E-state index in [0.29, 0.717) is 12.5 Å². The van der Waals surface area contributed by atoms with Crippen LogP contribution in [0.5, 0.6) is 5.88 Å². The summed E-state index contributed by atoms with van der Waals surface area (Å²) in [4.78, 5) is 4.52. The predicted molar refractivity (Wildman–Crippen MR) is 111 cm³/mol. The Morgan fingerprint density at radius 1 is 0.963 bits per heavy atom. The third-order valence-electron chi connectivity index (χ3n) is 5.77. The Labute approximate surface area is 162 Å². The van der Waals surface area contributed by atoms with Crippen molar-refractivity contribution in [2.45, 2.75) is 47.1 Å². The maximum Gasteiger partial charge on any atom is 0.213 e. The molecule has 2 aromatic carbocycles. The number of aromatic nitrogens is 1. The molecule has 0 bridgehead atoms. The van der Waals surface area contributed by atoms with E-state index in [-0.39, 0.29) is 0 Å². The highest BCUT2D eigenvalue weighted by atomic mass is 16.5. The number of rotatable bonds is 4. The Bertz CT molecular complexity index is 969. The zero-order chi connectivity index (χ0) is 19.0. The van der Waals surface area contributed by atoms with Gasteiger partial charge in [0.2, 0.25) is 5.88 Å². The fourth-order valence-electron chi connectivity index (χ4n) is 4.28. The van der Waals surface area contributed by atoms with E-state index in [0.717, 1.165) is 18.7 Å². The van der Waals surface area contributed by atoms with Gasteiger partial charge in [-0.05, 0) is 84.0 Å². The first kappa shape index (κ1) is 17.8. The van der Waals surface area contributed by atoms with Crippen LogP contribution in [0.3, 0.4) is 0 Å². The monoisotopic (exact) mass is 357 g/mol. The normalized spacial score (nSPS) is 15.6. The number of hydrogen-bond acceptors (Lipinski definition) is 2. The highest BCUT2D eigenvalue weighted by molar-refractivity contribution is 5.74. The number of ether oxygens (including phenoxy) is 1. The topological polar surface area (TPSA) is 22.1 Å². The van der Waals surface area contributed by atoms with Gasteiger partial charge in [0.1, 0.15) is 6.61 Å². The number of fused-ring (bicyclic) bond motifs is 1. The van der Waals surface area contributed by atoms with Gasteiger partial charge in [0.15, 0.2) is 0 Å². The molecule has 0 saturated carbocycles. The molecule has 1 aromatic heterocycles. The molecule has 1 unspecified atom stereocenters. The summed E-state index contributed by atoms with van der Waals surface area (Å²) in [5.74, 6) is 1.45. The van der Waals surface area contributed by atoms with E-state index in [4.69, 9.17) is 4.74 Å². The Morgan fingerprint density at radius 3 is 2.44 bits per heavy atom. The van der Waals surface area contributed by atoms with Crippen LogP contribution in [0.1, 0.15) is 40.3 Å². The third kappa shape index (κ3) is 3.49. The molecule has 0 N–H and O–H groups in total. The molecule has 2 nitrogen and oxygen atoms in total. The van der Waals surface area contributed by atoms with Crippen LogP contribution in [0.15, 0.2) is 48.7 Å². The zero-order valence-corrected chi connectivity index (χ0v) is 16.7. The molecule has 0 saturated heterocycles. The van der Waals surface area contributed by atoms with Gasteiger partial charge in [-0.1, -0.05) is 43.3 Å². The third-order valence-corrected chi connectivity index (χ3v) is 5.77. The number of hydrogen-bond donors (Lipinski definition) is 0. The average molecular weight is 357 g/mol. The van der Waals surface area contributed by atoms with E-state index in [1.165, 1.54) is 44.5 Å². The molecule has 1 atom stereocenters. The molecule has 1 aliphatic rings. The first-order valence-electron chi connectivity index (χ1n) is 9.78. The summed E-state index contributed by atoms with van der Waals surface area (Å²) in [6.45, 7) is 9.40. The lowest BCUT2D eigenvalue weighted by molar-refractivity contribution is 0.293. The molecule has 138 valence electrons. The summed E-state index contributed by atoms with van der Waals surface area (Å²) in [6.07, 6.45) is 4.27. The predicted octanol–water partition coefficient (Wildman–Crippen LogP) is 5.99. The van der Waals surface area contributed by atoms with E-state index < -0.39 is 0 Å². The largest absolute Gasteiger partial charge is 0.473 e. The van der Waals surface area contributed by atoms with E-state index in [9.17, 15) is 0 Å². The summed E-state index contributed by atoms with van der Waals surface area (Å²) in [5, 5.41) is 0. The first-order chi connectivity index (χ1) is 13.0. The van der Waals surface area contributed by atoms with Crippen molar-refractivity contribution in [2.24, 2.45) is 5.92 Å². The van der Waals surface area contributed by atoms with Crippen molar-refractivity contribution >= 4 is 0 Å². The van der Waals surface area contributed by atoms with E-state index in [2.05, 4.69) is 75.1 Å². The van der Waals surface area contributed by atoms with E-state index in [1.807, 2.05) is 6.20 Å². The smallest absolute Gasteiger partial charge is 0.213 e. The Balaban J connectivity index is 1.58. The highest BCUT2D eigenvalue weighted by Gasteiger charge is 2.19. The van der Waals surface area contributed by atoms with Gasteiger partial charge in [0.25, 0.3) is 0 Å². The Hall–Kier alpha value is -2.61. The summed E-state index contributed by atoms with van der Waals surface area (Å²) >= 11 is 0. The molecule has 0 aliphatic heterocycles. The van der Waals surface area contributed by atoms with Gasteiger partial charge >= 0.3 is 0 Å². The Morgan fingerprint density at radius 2 is 1.67 bits per heavy atom. The molecule has 1 aliphatic carbocycles. The quantitative estimate of drug-likeness (QED) is 0.572. The van der Waals surface area contributed by atoms with Gasteiger partial charge in [0, 0.05) is 12.3 Å². The van der Waals surface area contributed by atoms with Gasteiger partial charge in [0.05, 0.1) is 0 Å². The van der Waals surface area contributed by atoms with Crippen molar-refractivity contribution < 1.29 is 4.74 Å². The maximum absolute atomic E-state index is 6.07. The molecule has 1 heterocycles. The maximum atomic E-state index is 6.07. The van der Waals surface area contributed by atoms with Crippen LogP contribution in [-0.2, 0) is 19.4 Å². The van der Waals surface area contributed by atoms with Crippen molar-refractivity contribution in [1.29, 1.82) is 0 Å². The lowest BCUT2D eigenvalue weighted by Gasteiger charge is -2.16. The lowest BCUT2D eigenvalue weighted by Crippen LogP contribution is -2.02. The minimum atomic E-state index is 0.548. The van der Waals surface area contributed by atoms with Crippen LogP contribution in [0.4, 0.5) is 0 Å². The highest BCUT2D eigenvalue weighted by Crippen LogP contribution is 2.32. The van der Waals surface area contributed by atoms with Crippen LogP contribution in [0.2, 0.25) is 0 Å². The van der Waals surface area contributed by atoms with Gasteiger partial charge in [-0.3, -0.25) is 0 Å². The summed E-state index contributed by atoms with van der Waals surface area (Å²) in [6, 6.07) is 15.1. The molecule has 27 heavy (non-hydrogen) atoms. The van der Waals surface area contributed by atoms with Gasteiger partial charge in [-0.2, -0.15) is 0 Å². The fraction of sp³-hybridized carbons (Fsp3) is 0.320. The van der Waals surface area contributed by atoms with Crippen LogP contribution >= 0.6 is 0 Å². The molecular weight excluding hydrogens is 330 g/mol. The van der Waals surface area contributed by atoms with Crippen molar-refractivity contribution in [3.63, 3.8) is 0 Å². The molecule has 0 amide bonds. The average Bonchev–Trinajstić information content (AvgIpc) is 3.01. The van der Waals surface area contributed by atoms with Crippen LogP contribution in [0.25, 0.3) is 11.1 Å². The molecule has 2 heteroatoms. The van der Waals surface area contributed by atoms with Gasteiger partial charge in [-0.25, -0.2) is 4.98 Å². The summed E-state index contributed by atoms with van der Waals surface area (Å²) in [7, 11) is 0. The van der Waals surface area contributed by atoms with Crippen LogP contribution < -0.4 is 4.74 Å². The standard InChI is InChI=1S/C25H27NO/c1-16-11-21-13-24(26-14-22(21)12-16)27-15-20-9-6-10-23(19(20)4)25-17(2)7-5-8-18(25)3/h5-10,13-14,16H,11-12,15H2,1-4H3. The SMILES string of the molecule is Cc1cccc(C)c1-c1cccc(COc2cc3c(cn2)CC(C)C3)c1C. The Kier molecular flexibility index (Phi) is 4.73. The second-order valence-corrected chi connectivity index (χ2v) is 7.95. The van der Waals surface area contributed by atoms with Crippen molar-refractivity contribution in [1.82, 2.24) is 4.98 Å². The lowest BCUT2D eigenvalue weighted by atomic mass is 9.91. The van der Waals surface area contributed by atoms with Crippen LogP contribution in [0, 0.1) is 26.7 Å². The molecule has 4 rings (SSSR count).